The molecule has 4 rings (SSSR count). The molecule has 29 heavy (non-hydrogen) atoms. The molecule has 0 fully saturated rings. The second-order valence-corrected chi connectivity index (χ2v) is 6.66. The first-order valence-corrected chi connectivity index (χ1v) is 8.90. The zero-order chi connectivity index (χ0) is 20.3. The Kier molecular flexibility index (Phi) is 7.76. The maximum Gasteiger partial charge on any atom is 0.354 e. The maximum absolute atomic E-state index is 10.7. The number of nitrogens with zero attached hydrogens (tertiary/aromatic N) is 2. The van der Waals surface area contributed by atoms with Crippen LogP contribution >= 0.6 is 25.3 Å². The van der Waals surface area contributed by atoms with Crippen molar-refractivity contribution in [2.24, 2.45) is 0 Å². The molecule has 0 aliphatic heterocycles. The number of carboxylic acids is 2. The second kappa shape index (κ2) is 9.85. The number of benzene rings is 2. The van der Waals surface area contributed by atoms with Gasteiger partial charge in [0.1, 0.15) is 11.4 Å². The van der Waals surface area contributed by atoms with Crippen molar-refractivity contribution in [3.8, 4) is 0 Å². The fourth-order valence-electron chi connectivity index (χ4n) is 2.50. The molecule has 0 atom stereocenters. The second-order valence-electron chi connectivity index (χ2n) is 5.70. The van der Waals surface area contributed by atoms with E-state index in [0.29, 0.717) is 20.8 Å². The van der Waals surface area contributed by atoms with Crippen molar-refractivity contribution in [1.29, 1.82) is 0 Å². The summed E-state index contributed by atoms with van der Waals surface area (Å²) < 4.78 is 0. The van der Waals surface area contributed by atoms with Gasteiger partial charge in [-0.25, -0.2) is 19.6 Å². The van der Waals surface area contributed by atoms with Crippen molar-refractivity contribution in [2.45, 2.75) is 9.79 Å². The fraction of sp³-hybridized carbons (Fsp3) is 0. The number of aromatic nitrogens is 2. The Bertz CT molecular complexity index is 1120. The third kappa shape index (κ3) is 5.34. The van der Waals surface area contributed by atoms with E-state index in [1.807, 2.05) is 24.3 Å². The number of thiol groups is 2. The summed E-state index contributed by atoms with van der Waals surface area (Å²) in [6, 6.07) is 17.4. The molecule has 6 nitrogen and oxygen atoms in total. The number of hydrogen-bond donors (Lipinski definition) is 4. The smallest absolute Gasteiger partial charge is 0.354 e. The van der Waals surface area contributed by atoms with Crippen LogP contribution in [0.25, 0.3) is 21.8 Å². The molecule has 2 heterocycles. The summed E-state index contributed by atoms with van der Waals surface area (Å²) in [6.07, 6.45) is 0. The molecule has 150 valence electrons. The van der Waals surface area contributed by atoms with E-state index >= 15 is 0 Å². The van der Waals surface area contributed by atoms with Gasteiger partial charge in [0.15, 0.2) is 0 Å². The van der Waals surface area contributed by atoms with Crippen LogP contribution in [-0.2, 0) is 20.4 Å². The minimum Gasteiger partial charge on any atom is -0.477 e. The normalized spacial score (nSPS) is 10.0. The van der Waals surface area contributed by atoms with E-state index in [-0.39, 0.29) is 31.8 Å². The third-order valence-corrected chi connectivity index (χ3v) is 4.56. The van der Waals surface area contributed by atoms with Crippen molar-refractivity contribution >= 4 is 59.0 Å². The topological polar surface area (TPSA) is 100 Å². The van der Waals surface area contributed by atoms with Gasteiger partial charge in [-0.3, -0.25) is 0 Å². The zero-order valence-electron chi connectivity index (χ0n) is 14.6. The molecular formula is C20H14N2O4PdS2. The Hall–Kier alpha value is -2.44. The SMILES string of the molecule is O=C(O)c1ccc2cccc(S)c2n1.O=C(O)c1ccc2cccc(S)c2n1.[Pd]. The molecule has 0 bridgehead atoms. The summed E-state index contributed by atoms with van der Waals surface area (Å²) in [5, 5.41) is 19.3. The Morgan fingerprint density at radius 2 is 1.03 bits per heavy atom. The van der Waals surface area contributed by atoms with Gasteiger partial charge in [-0.05, 0) is 24.3 Å². The molecule has 0 radical (unpaired) electrons. The van der Waals surface area contributed by atoms with Crippen LogP contribution in [0.1, 0.15) is 21.0 Å². The van der Waals surface area contributed by atoms with Gasteiger partial charge in [0.25, 0.3) is 0 Å². The standard InChI is InChI=1S/2C10H7NO2S.Pd/c2*12-10(13)7-5-4-6-2-1-3-8(14)9(6)11-7;/h2*1-5,14H,(H,12,13);. The van der Waals surface area contributed by atoms with Crippen molar-refractivity contribution in [2.75, 3.05) is 0 Å². The van der Waals surface area contributed by atoms with Crippen LogP contribution in [0.5, 0.6) is 0 Å². The van der Waals surface area contributed by atoms with Gasteiger partial charge in [-0.15, -0.1) is 25.3 Å². The van der Waals surface area contributed by atoms with Gasteiger partial charge >= 0.3 is 11.9 Å². The first-order valence-electron chi connectivity index (χ1n) is 8.01. The molecule has 0 aliphatic carbocycles. The molecule has 0 saturated carbocycles. The van der Waals surface area contributed by atoms with Crippen LogP contribution in [0, 0.1) is 0 Å². The Balaban J connectivity index is 0.000000200. The Morgan fingerprint density at radius 3 is 1.38 bits per heavy atom. The minimum atomic E-state index is -1.02. The largest absolute Gasteiger partial charge is 0.477 e. The Morgan fingerprint density at radius 1 is 0.655 bits per heavy atom. The summed E-state index contributed by atoms with van der Waals surface area (Å²) in [6.45, 7) is 0. The van der Waals surface area contributed by atoms with E-state index < -0.39 is 11.9 Å². The molecule has 0 spiro atoms. The summed E-state index contributed by atoms with van der Waals surface area (Å²) in [7, 11) is 0. The Labute approximate surface area is 190 Å². The van der Waals surface area contributed by atoms with Gasteiger partial charge in [0.2, 0.25) is 0 Å². The van der Waals surface area contributed by atoms with Gasteiger partial charge in [-0.2, -0.15) is 0 Å². The molecular weight excluding hydrogens is 503 g/mol. The van der Waals surface area contributed by atoms with Crippen LogP contribution in [0.4, 0.5) is 0 Å². The number of carbonyl (C=O) groups is 2. The monoisotopic (exact) mass is 516 g/mol. The van der Waals surface area contributed by atoms with Crippen LogP contribution in [-0.4, -0.2) is 32.1 Å². The summed E-state index contributed by atoms with van der Waals surface area (Å²) in [4.78, 5) is 30.7. The van der Waals surface area contributed by atoms with Gasteiger partial charge in [0, 0.05) is 41.0 Å². The van der Waals surface area contributed by atoms with Crippen molar-refractivity contribution < 1.29 is 40.2 Å². The average molecular weight is 517 g/mol. The van der Waals surface area contributed by atoms with Gasteiger partial charge < -0.3 is 10.2 Å². The number of pyridine rings is 2. The van der Waals surface area contributed by atoms with Crippen molar-refractivity contribution in [1.82, 2.24) is 9.97 Å². The zero-order valence-corrected chi connectivity index (χ0v) is 17.9. The molecule has 2 aromatic carbocycles. The molecule has 0 saturated heterocycles. The van der Waals surface area contributed by atoms with E-state index in [1.165, 1.54) is 12.1 Å². The molecule has 2 aromatic heterocycles. The third-order valence-electron chi connectivity index (χ3n) is 3.84. The average Bonchev–Trinajstić information content (AvgIpc) is 2.68. The summed E-state index contributed by atoms with van der Waals surface area (Å²) >= 11 is 8.42. The summed E-state index contributed by atoms with van der Waals surface area (Å²) in [5.74, 6) is -2.05. The number of hydrogen-bond acceptors (Lipinski definition) is 6. The van der Waals surface area contributed by atoms with Crippen LogP contribution in [0.2, 0.25) is 0 Å². The van der Waals surface area contributed by atoms with E-state index in [1.54, 1.807) is 24.3 Å². The van der Waals surface area contributed by atoms with E-state index in [2.05, 4.69) is 35.2 Å². The fourth-order valence-corrected chi connectivity index (χ4v) is 3.03. The first kappa shape index (κ1) is 22.8. The maximum atomic E-state index is 10.7. The van der Waals surface area contributed by atoms with E-state index in [0.717, 1.165) is 10.8 Å². The number of carboxylic acid groups (broad SMARTS) is 2. The predicted molar refractivity (Wildman–Crippen MR) is 112 cm³/mol. The van der Waals surface area contributed by atoms with E-state index in [4.69, 9.17) is 10.2 Å². The quantitative estimate of drug-likeness (QED) is 0.232. The number of para-hydroxylation sites is 2. The van der Waals surface area contributed by atoms with Crippen molar-refractivity contribution in [3.05, 3.63) is 72.1 Å². The first-order chi connectivity index (χ1) is 13.4. The number of fused-ring (bicyclic) bond motifs is 2. The van der Waals surface area contributed by atoms with Crippen LogP contribution < -0.4 is 0 Å². The van der Waals surface area contributed by atoms with Crippen LogP contribution in [0.15, 0.2) is 70.5 Å². The van der Waals surface area contributed by atoms with Crippen LogP contribution in [0.3, 0.4) is 0 Å². The number of rotatable bonds is 2. The van der Waals surface area contributed by atoms with E-state index in [9.17, 15) is 9.59 Å². The van der Waals surface area contributed by atoms with Gasteiger partial charge in [-0.1, -0.05) is 36.4 Å². The molecule has 9 heteroatoms. The molecule has 0 amide bonds. The number of aromatic carboxylic acids is 2. The molecule has 2 N–H and O–H groups in total. The molecule has 0 unspecified atom stereocenters. The minimum absolute atomic E-state index is 0. The molecule has 0 aliphatic rings. The van der Waals surface area contributed by atoms with Crippen molar-refractivity contribution in [3.63, 3.8) is 0 Å². The molecule has 4 aromatic rings. The predicted octanol–water partition coefficient (Wildman–Crippen LogP) is 4.44. The van der Waals surface area contributed by atoms with Gasteiger partial charge in [0.05, 0.1) is 11.0 Å². The summed E-state index contributed by atoms with van der Waals surface area (Å²) in [5.41, 5.74) is 1.32.